The predicted octanol–water partition coefficient (Wildman–Crippen LogP) is 5.12. The molecule has 0 aliphatic heterocycles. The Morgan fingerprint density at radius 1 is 1.21 bits per heavy atom. The maximum absolute atomic E-state index is 12.6. The largest absolute Gasteiger partial charge is 0.493 e. The van der Waals surface area contributed by atoms with Gasteiger partial charge in [0.2, 0.25) is 0 Å². The predicted molar refractivity (Wildman–Crippen MR) is 100 cm³/mol. The Bertz CT molecular complexity index is 723. The van der Waals surface area contributed by atoms with Gasteiger partial charge in [-0.3, -0.25) is 4.79 Å². The fraction of sp³-hybridized carbons (Fsp3) is 0.316. The zero-order chi connectivity index (χ0) is 17.7. The standard InChI is InChI=1S/C19H22BrNO3/c1-5-9-24-18-15(20)10-14(11-16(18)23-4)19(22)21-17-12(2)7-6-8-13(17)3/h6-8,10-11H,5,9H2,1-4H3,(H,21,22). The summed E-state index contributed by atoms with van der Waals surface area (Å²) in [6.07, 6.45) is 0.893. The van der Waals surface area contributed by atoms with Crippen LogP contribution in [0.15, 0.2) is 34.8 Å². The molecular weight excluding hydrogens is 370 g/mol. The molecule has 2 aromatic carbocycles. The minimum absolute atomic E-state index is 0.187. The third-order valence-electron chi connectivity index (χ3n) is 3.66. The van der Waals surface area contributed by atoms with Gasteiger partial charge in [0.15, 0.2) is 11.5 Å². The van der Waals surface area contributed by atoms with E-state index in [0.29, 0.717) is 28.1 Å². The van der Waals surface area contributed by atoms with Gasteiger partial charge in [-0.2, -0.15) is 0 Å². The summed E-state index contributed by atoms with van der Waals surface area (Å²) in [5.74, 6) is 0.959. The van der Waals surface area contributed by atoms with E-state index in [1.807, 2.05) is 39.0 Å². The number of nitrogens with one attached hydrogen (secondary N) is 1. The molecule has 2 aromatic rings. The van der Waals surface area contributed by atoms with Crippen molar-refractivity contribution in [3.8, 4) is 11.5 Å². The van der Waals surface area contributed by atoms with Crippen LogP contribution in [-0.4, -0.2) is 19.6 Å². The van der Waals surface area contributed by atoms with E-state index >= 15 is 0 Å². The zero-order valence-corrected chi connectivity index (χ0v) is 16.0. The number of rotatable bonds is 6. The van der Waals surface area contributed by atoms with E-state index < -0.39 is 0 Å². The van der Waals surface area contributed by atoms with E-state index in [1.54, 1.807) is 19.2 Å². The van der Waals surface area contributed by atoms with E-state index in [9.17, 15) is 4.79 Å². The van der Waals surface area contributed by atoms with Crippen molar-refractivity contribution in [2.75, 3.05) is 19.0 Å². The number of halogens is 1. The summed E-state index contributed by atoms with van der Waals surface area (Å²) in [6.45, 7) is 6.57. The molecule has 0 fully saturated rings. The molecule has 4 nitrogen and oxygen atoms in total. The topological polar surface area (TPSA) is 47.6 Å². The van der Waals surface area contributed by atoms with Crippen LogP contribution < -0.4 is 14.8 Å². The molecule has 2 rings (SSSR count). The lowest BCUT2D eigenvalue weighted by molar-refractivity contribution is 0.102. The highest BCUT2D eigenvalue weighted by Gasteiger charge is 2.16. The van der Waals surface area contributed by atoms with Crippen molar-refractivity contribution in [3.05, 3.63) is 51.5 Å². The highest BCUT2D eigenvalue weighted by molar-refractivity contribution is 9.10. The van der Waals surface area contributed by atoms with Crippen LogP contribution in [0.5, 0.6) is 11.5 Å². The monoisotopic (exact) mass is 391 g/mol. The number of amides is 1. The minimum atomic E-state index is -0.187. The second-order valence-corrected chi connectivity index (χ2v) is 6.41. The van der Waals surface area contributed by atoms with Crippen molar-refractivity contribution in [2.45, 2.75) is 27.2 Å². The second kappa shape index (κ2) is 8.20. The molecule has 24 heavy (non-hydrogen) atoms. The zero-order valence-electron chi connectivity index (χ0n) is 14.4. The van der Waals surface area contributed by atoms with Gasteiger partial charge in [0.05, 0.1) is 18.2 Å². The number of ether oxygens (including phenoxy) is 2. The van der Waals surface area contributed by atoms with Crippen molar-refractivity contribution in [3.63, 3.8) is 0 Å². The van der Waals surface area contributed by atoms with E-state index in [1.165, 1.54) is 0 Å². The van der Waals surface area contributed by atoms with Crippen LogP contribution in [0, 0.1) is 13.8 Å². The molecule has 0 saturated carbocycles. The number of para-hydroxylation sites is 1. The minimum Gasteiger partial charge on any atom is -0.493 e. The Morgan fingerprint density at radius 2 is 1.88 bits per heavy atom. The van der Waals surface area contributed by atoms with Crippen LogP contribution in [0.2, 0.25) is 0 Å². The van der Waals surface area contributed by atoms with Crippen molar-refractivity contribution in [1.82, 2.24) is 0 Å². The second-order valence-electron chi connectivity index (χ2n) is 5.56. The molecule has 128 valence electrons. The summed E-state index contributed by atoms with van der Waals surface area (Å²) in [6, 6.07) is 9.36. The molecule has 0 heterocycles. The van der Waals surface area contributed by atoms with Crippen LogP contribution in [0.25, 0.3) is 0 Å². The highest BCUT2D eigenvalue weighted by Crippen LogP contribution is 2.37. The molecule has 0 bridgehead atoms. The van der Waals surface area contributed by atoms with E-state index in [-0.39, 0.29) is 5.91 Å². The summed E-state index contributed by atoms with van der Waals surface area (Å²) >= 11 is 3.47. The first kappa shape index (κ1) is 18.3. The summed E-state index contributed by atoms with van der Waals surface area (Å²) in [5, 5.41) is 2.98. The first-order chi connectivity index (χ1) is 11.5. The molecule has 0 aromatic heterocycles. The van der Waals surface area contributed by atoms with Crippen LogP contribution in [0.4, 0.5) is 5.69 Å². The average molecular weight is 392 g/mol. The Kier molecular flexibility index (Phi) is 6.26. The van der Waals surface area contributed by atoms with Crippen LogP contribution >= 0.6 is 15.9 Å². The number of aryl methyl sites for hydroxylation is 2. The van der Waals surface area contributed by atoms with Crippen molar-refractivity contribution in [2.24, 2.45) is 0 Å². The number of hydrogen-bond acceptors (Lipinski definition) is 3. The summed E-state index contributed by atoms with van der Waals surface area (Å²) in [4.78, 5) is 12.6. The van der Waals surface area contributed by atoms with Crippen molar-refractivity contribution in [1.29, 1.82) is 0 Å². The van der Waals surface area contributed by atoms with Gasteiger partial charge in [-0.15, -0.1) is 0 Å². The number of anilines is 1. The quantitative estimate of drug-likeness (QED) is 0.743. The van der Waals surface area contributed by atoms with Gasteiger partial charge >= 0.3 is 0 Å². The summed E-state index contributed by atoms with van der Waals surface area (Å²) in [7, 11) is 1.56. The fourth-order valence-electron chi connectivity index (χ4n) is 2.39. The lowest BCUT2D eigenvalue weighted by Gasteiger charge is -2.15. The first-order valence-corrected chi connectivity index (χ1v) is 8.65. The molecule has 1 amide bonds. The van der Waals surface area contributed by atoms with E-state index in [0.717, 1.165) is 23.2 Å². The van der Waals surface area contributed by atoms with Crippen LogP contribution in [0.1, 0.15) is 34.8 Å². The van der Waals surface area contributed by atoms with Gasteiger partial charge in [-0.1, -0.05) is 25.1 Å². The van der Waals surface area contributed by atoms with E-state index in [2.05, 4.69) is 21.2 Å². The number of methoxy groups -OCH3 is 1. The maximum atomic E-state index is 12.6. The molecule has 0 saturated heterocycles. The van der Waals surface area contributed by atoms with Crippen LogP contribution in [-0.2, 0) is 0 Å². The number of hydrogen-bond donors (Lipinski definition) is 1. The van der Waals surface area contributed by atoms with Gasteiger partial charge in [-0.25, -0.2) is 0 Å². The Hall–Kier alpha value is -2.01. The number of carbonyl (C=O) groups excluding carboxylic acids is 1. The molecule has 0 unspecified atom stereocenters. The fourth-order valence-corrected chi connectivity index (χ4v) is 2.95. The van der Waals surface area contributed by atoms with E-state index in [4.69, 9.17) is 9.47 Å². The third kappa shape index (κ3) is 4.09. The van der Waals surface area contributed by atoms with Crippen molar-refractivity contribution < 1.29 is 14.3 Å². The molecular formula is C19H22BrNO3. The van der Waals surface area contributed by atoms with Gasteiger partial charge in [0, 0.05) is 11.3 Å². The molecule has 0 radical (unpaired) electrons. The van der Waals surface area contributed by atoms with Crippen LogP contribution in [0.3, 0.4) is 0 Å². The summed E-state index contributed by atoms with van der Waals surface area (Å²) < 4.78 is 11.8. The summed E-state index contributed by atoms with van der Waals surface area (Å²) in [5.41, 5.74) is 3.39. The molecule has 0 atom stereocenters. The highest BCUT2D eigenvalue weighted by atomic mass is 79.9. The third-order valence-corrected chi connectivity index (χ3v) is 4.25. The lowest BCUT2D eigenvalue weighted by Crippen LogP contribution is -2.14. The maximum Gasteiger partial charge on any atom is 0.255 e. The Balaban J connectivity index is 2.31. The molecule has 0 aliphatic carbocycles. The van der Waals surface area contributed by atoms with Gasteiger partial charge < -0.3 is 14.8 Å². The van der Waals surface area contributed by atoms with Gasteiger partial charge in [0.1, 0.15) is 0 Å². The molecule has 1 N–H and O–H groups in total. The number of benzene rings is 2. The number of carbonyl (C=O) groups is 1. The molecule has 0 aliphatic rings. The van der Waals surface area contributed by atoms with Crippen molar-refractivity contribution >= 4 is 27.5 Å². The average Bonchev–Trinajstić information content (AvgIpc) is 2.56. The Labute approximate surface area is 151 Å². The Morgan fingerprint density at radius 3 is 2.46 bits per heavy atom. The smallest absolute Gasteiger partial charge is 0.255 e. The van der Waals surface area contributed by atoms with Gasteiger partial charge in [0.25, 0.3) is 5.91 Å². The SMILES string of the molecule is CCCOc1c(Br)cc(C(=O)Nc2c(C)cccc2C)cc1OC. The van der Waals surface area contributed by atoms with Gasteiger partial charge in [-0.05, 0) is 59.5 Å². The molecule has 5 heteroatoms. The lowest BCUT2D eigenvalue weighted by atomic mass is 10.1. The normalized spacial score (nSPS) is 10.4. The first-order valence-electron chi connectivity index (χ1n) is 7.85. The molecule has 0 spiro atoms.